The molecule has 2 atom stereocenters. The molecule has 5 heteroatoms. The molecule has 20 heavy (non-hydrogen) atoms. The van der Waals surface area contributed by atoms with Crippen LogP contribution in [0.25, 0.3) is 0 Å². The van der Waals surface area contributed by atoms with Gasteiger partial charge in [0.15, 0.2) is 0 Å². The lowest BCUT2D eigenvalue weighted by Gasteiger charge is -2.39. The Kier molecular flexibility index (Phi) is 4.47. The lowest BCUT2D eigenvalue weighted by Crippen LogP contribution is -2.53. The predicted octanol–water partition coefficient (Wildman–Crippen LogP) is 0.987. The second-order valence-electron chi connectivity index (χ2n) is 6.02. The summed E-state index contributed by atoms with van der Waals surface area (Å²) in [7, 11) is 0. The third-order valence-corrected chi connectivity index (χ3v) is 4.59. The summed E-state index contributed by atoms with van der Waals surface area (Å²) in [5.41, 5.74) is 0. The highest BCUT2D eigenvalue weighted by molar-refractivity contribution is 5.29. The van der Waals surface area contributed by atoms with E-state index in [0.717, 1.165) is 38.0 Å². The number of hydrogen-bond donors (Lipinski definition) is 1. The van der Waals surface area contributed by atoms with Crippen LogP contribution in [-0.4, -0.2) is 60.2 Å². The van der Waals surface area contributed by atoms with Crippen LogP contribution in [0.3, 0.4) is 0 Å². The molecule has 5 nitrogen and oxygen atoms in total. The number of hydrogen-bond acceptors (Lipinski definition) is 5. The fraction of sp³-hybridized carbons (Fsp3) is 0.733. The zero-order valence-electron chi connectivity index (χ0n) is 12.3. The van der Waals surface area contributed by atoms with Gasteiger partial charge in [0.05, 0.1) is 0 Å². The van der Waals surface area contributed by atoms with Crippen molar-refractivity contribution in [3.8, 4) is 0 Å². The number of piperidine rings is 1. The Morgan fingerprint density at radius 2 is 1.95 bits per heavy atom. The Morgan fingerprint density at radius 3 is 2.65 bits per heavy atom. The van der Waals surface area contributed by atoms with Crippen molar-refractivity contribution in [1.29, 1.82) is 0 Å². The molecule has 2 fully saturated rings. The zero-order valence-corrected chi connectivity index (χ0v) is 12.3. The first-order valence-electron chi connectivity index (χ1n) is 7.80. The molecule has 0 radical (unpaired) electrons. The van der Waals surface area contributed by atoms with Crippen LogP contribution in [0.1, 0.15) is 19.8 Å². The molecule has 1 aromatic heterocycles. The smallest absolute Gasteiger partial charge is 0.225 e. The molecule has 2 aliphatic heterocycles. The zero-order chi connectivity index (χ0) is 13.8. The minimum absolute atomic E-state index is 0.670. The van der Waals surface area contributed by atoms with Gasteiger partial charge in [0.2, 0.25) is 5.95 Å². The monoisotopic (exact) mass is 275 g/mol. The topological polar surface area (TPSA) is 44.3 Å². The van der Waals surface area contributed by atoms with Crippen LogP contribution in [0.5, 0.6) is 0 Å². The van der Waals surface area contributed by atoms with Gasteiger partial charge >= 0.3 is 0 Å². The molecule has 2 saturated heterocycles. The minimum atomic E-state index is 0.670. The van der Waals surface area contributed by atoms with Crippen molar-refractivity contribution in [1.82, 2.24) is 20.2 Å². The van der Waals surface area contributed by atoms with Gasteiger partial charge in [0.1, 0.15) is 0 Å². The third-order valence-electron chi connectivity index (χ3n) is 4.59. The predicted molar refractivity (Wildman–Crippen MR) is 80.9 cm³/mol. The van der Waals surface area contributed by atoms with Crippen LogP contribution >= 0.6 is 0 Å². The summed E-state index contributed by atoms with van der Waals surface area (Å²) in [6.07, 6.45) is 6.34. The first-order chi connectivity index (χ1) is 9.83. The van der Waals surface area contributed by atoms with Gasteiger partial charge in [0, 0.05) is 51.2 Å². The van der Waals surface area contributed by atoms with Crippen LogP contribution in [0.2, 0.25) is 0 Å². The van der Waals surface area contributed by atoms with Crippen molar-refractivity contribution < 1.29 is 0 Å². The quantitative estimate of drug-likeness (QED) is 0.891. The van der Waals surface area contributed by atoms with E-state index < -0.39 is 0 Å². The van der Waals surface area contributed by atoms with E-state index >= 15 is 0 Å². The summed E-state index contributed by atoms with van der Waals surface area (Å²) in [6, 6.07) is 2.54. The number of piperazine rings is 1. The van der Waals surface area contributed by atoms with Crippen LogP contribution < -0.4 is 10.2 Å². The second kappa shape index (κ2) is 6.50. The van der Waals surface area contributed by atoms with Crippen molar-refractivity contribution in [2.45, 2.75) is 25.8 Å². The summed E-state index contributed by atoms with van der Waals surface area (Å²) in [6.45, 7) is 9.05. The number of rotatable bonds is 3. The maximum Gasteiger partial charge on any atom is 0.225 e. The first-order valence-corrected chi connectivity index (χ1v) is 7.80. The Morgan fingerprint density at radius 1 is 1.20 bits per heavy atom. The van der Waals surface area contributed by atoms with Gasteiger partial charge in [-0.2, -0.15) is 0 Å². The molecule has 2 unspecified atom stereocenters. The highest BCUT2D eigenvalue weighted by Gasteiger charge is 2.25. The van der Waals surface area contributed by atoms with Crippen LogP contribution in [0.4, 0.5) is 5.95 Å². The van der Waals surface area contributed by atoms with Crippen molar-refractivity contribution in [3.63, 3.8) is 0 Å². The molecule has 0 bridgehead atoms. The Hall–Kier alpha value is -1.20. The van der Waals surface area contributed by atoms with Gasteiger partial charge in [-0.15, -0.1) is 0 Å². The van der Waals surface area contributed by atoms with Crippen molar-refractivity contribution >= 4 is 5.95 Å². The highest BCUT2D eigenvalue weighted by Crippen LogP contribution is 2.17. The highest BCUT2D eigenvalue weighted by atomic mass is 15.3. The molecule has 110 valence electrons. The van der Waals surface area contributed by atoms with Crippen LogP contribution in [-0.2, 0) is 0 Å². The standard InChI is InChI=1S/C15H25N5/c1-13-4-2-5-16-14(13)12-19-8-10-20(11-9-19)15-17-6-3-7-18-15/h3,6-7,13-14,16H,2,4-5,8-12H2,1H3. The molecule has 0 saturated carbocycles. The number of nitrogens with zero attached hydrogens (tertiary/aromatic N) is 4. The van der Waals surface area contributed by atoms with Crippen molar-refractivity contribution in [2.24, 2.45) is 5.92 Å². The van der Waals surface area contributed by atoms with Gasteiger partial charge in [-0.1, -0.05) is 6.92 Å². The average Bonchev–Trinajstić information content (AvgIpc) is 2.51. The molecule has 0 aromatic carbocycles. The summed E-state index contributed by atoms with van der Waals surface area (Å²) in [5, 5.41) is 3.68. The molecular weight excluding hydrogens is 250 g/mol. The van der Waals surface area contributed by atoms with Gasteiger partial charge in [0.25, 0.3) is 0 Å². The Balaban J connectivity index is 1.49. The third kappa shape index (κ3) is 3.27. The normalized spacial score (nSPS) is 28.6. The van der Waals surface area contributed by atoms with E-state index in [1.165, 1.54) is 25.9 Å². The number of nitrogens with one attached hydrogen (secondary N) is 1. The summed E-state index contributed by atoms with van der Waals surface area (Å²) < 4.78 is 0. The minimum Gasteiger partial charge on any atom is -0.338 e. The molecular formula is C15H25N5. The lowest BCUT2D eigenvalue weighted by atomic mass is 9.92. The van der Waals surface area contributed by atoms with Gasteiger partial charge in [-0.05, 0) is 31.4 Å². The molecule has 0 spiro atoms. The van der Waals surface area contributed by atoms with E-state index in [2.05, 4.69) is 32.0 Å². The fourth-order valence-electron chi connectivity index (χ4n) is 3.22. The Labute approximate surface area is 121 Å². The van der Waals surface area contributed by atoms with E-state index in [9.17, 15) is 0 Å². The van der Waals surface area contributed by atoms with Crippen LogP contribution in [0.15, 0.2) is 18.5 Å². The second-order valence-corrected chi connectivity index (χ2v) is 6.02. The van der Waals surface area contributed by atoms with E-state index in [4.69, 9.17) is 0 Å². The average molecular weight is 275 g/mol. The summed E-state index contributed by atoms with van der Waals surface area (Å²) in [4.78, 5) is 13.5. The van der Waals surface area contributed by atoms with Gasteiger partial charge < -0.3 is 10.2 Å². The van der Waals surface area contributed by atoms with E-state index in [-0.39, 0.29) is 0 Å². The molecule has 1 N–H and O–H groups in total. The Bertz CT molecular complexity index is 402. The van der Waals surface area contributed by atoms with E-state index in [0.29, 0.717) is 6.04 Å². The van der Waals surface area contributed by atoms with Crippen molar-refractivity contribution in [3.05, 3.63) is 18.5 Å². The van der Waals surface area contributed by atoms with E-state index in [1.807, 2.05) is 18.5 Å². The molecule has 0 amide bonds. The van der Waals surface area contributed by atoms with E-state index in [1.54, 1.807) is 0 Å². The number of aromatic nitrogens is 2. The molecule has 2 aliphatic rings. The number of anilines is 1. The maximum absolute atomic E-state index is 4.34. The van der Waals surface area contributed by atoms with Gasteiger partial charge in [-0.25, -0.2) is 9.97 Å². The van der Waals surface area contributed by atoms with Gasteiger partial charge in [-0.3, -0.25) is 4.90 Å². The largest absolute Gasteiger partial charge is 0.338 e. The molecule has 0 aliphatic carbocycles. The van der Waals surface area contributed by atoms with Crippen molar-refractivity contribution in [2.75, 3.05) is 44.2 Å². The maximum atomic E-state index is 4.34. The lowest BCUT2D eigenvalue weighted by molar-refractivity contribution is 0.183. The molecule has 3 heterocycles. The van der Waals surface area contributed by atoms with Crippen LogP contribution in [0, 0.1) is 5.92 Å². The SMILES string of the molecule is CC1CCCNC1CN1CCN(c2ncccn2)CC1. The molecule has 3 rings (SSSR count). The molecule has 1 aromatic rings. The summed E-state index contributed by atoms with van der Waals surface area (Å²) in [5.74, 6) is 1.68. The first kappa shape index (κ1) is 13.8. The summed E-state index contributed by atoms with van der Waals surface area (Å²) >= 11 is 0. The fourth-order valence-corrected chi connectivity index (χ4v) is 3.22.